The summed E-state index contributed by atoms with van der Waals surface area (Å²) in [6.07, 6.45) is 0.119. The molecule has 0 spiro atoms. The van der Waals surface area contributed by atoms with Gasteiger partial charge in [0.05, 0.1) is 19.3 Å². The largest absolute Gasteiger partial charge is 0.375 e. The first kappa shape index (κ1) is 15.3. The monoisotopic (exact) mass is 296 g/mol. The van der Waals surface area contributed by atoms with Gasteiger partial charge in [-0.15, -0.1) is 0 Å². The van der Waals surface area contributed by atoms with Crippen molar-refractivity contribution in [3.8, 4) is 0 Å². The van der Waals surface area contributed by atoms with Crippen LogP contribution in [0.25, 0.3) is 0 Å². The molecule has 0 unspecified atom stereocenters. The third kappa shape index (κ3) is 3.95. The maximum absolute atomic E-state index is 12.1. The van der Waals surface area contributed by atoms with Gasteiger partial charge >= 0.3 is 0 Å². The lowest BCUT2D eigenvalue weighted by Crippen LogP contribution is -2.47. The average Bonchev–Trinajstić information content (AvgIpc) is 2.45. The van der Waals surface area contributed by atoms with Crippen molar-refractivity contribution in [2.75, 3.05) is 26.2 Å². The van der Waals surface area contributed by atoms with Crippen LogP contribution in [0.1, 0.15) is 25.5 Å². The summed E-state index contributed by atoms with van der Waals surface area (Å²) >= 11 is 6.15. The SMILES string of the molecule is C[C@H]1CN(C(=O)CN[C@H](C)c2ccccc2Cl)CCO1. The fourth-order valence-corrected chi connectivity index (χ4v) is 2.63. The van der Waals surface area contributed by atoms with Crippen LogP contribution in [0, 0.1) is 0 Å². The molecular weight excluding hydrogens is 276 g/mol. The minimum atomic E-state index is 0.0473. The summed E-state index contributed by atoms with van der Waals surface area (Å²) in [7, 11) is 0. The Bertz CT molecular complexity index is 467. The van der Waals surface area contributed by atoms with Crippen LogP contribution < -0.4 is 5.32 Å². The second-order valence-corrected chi connectivity index (χ2v) is 5.55. The topological polar surface area (TPSA) is 41.6 Å². The molecule has 1 amide bonds. The number of rotatable bonds is 4. The number of carbonyl (C=O) groups excluding carboxylic acids is 1. The zero-order valence-corrected chi connectivity index (χ0v) is 12.7. The predicted octanol–water partition coefficient (Wildman–Crippen LogP) is 2.24. The molecule has 5 heteroatoms. The number of ether oxygens (including phenoxy) is 1. The van der Waals surface area contributed by atoms with Gasteiger partial charge in [0.15, 0.2) is 0 Å². The first-order valence-electron chi connectivity index (χ1n) is 6.95. The molecule has 0 bridgehead atoms. The molecule has 0 saturated carbocycles. The zero-order valence-electron chi connectivity index (χ0n) is 11.9. The van der Waals surface area contributed by atoms with Gasteiger partial charge < -0.3 is 15.0 Å². The van der Waals surface area contributed by atoms with Gasteiger partial charge in [0.2, 0.25) is 5.91 Å². The van der Waals surface area contributed by atoms with E-state index in [0.29, 0.717) is 26.2 Å². The van der Waals surface area contributed by atoms with E-state index in [0.717, 1.165) is 10.6 Å². The second kappa shape index (κ2) is 7.07. The molecule has 2 rings (SSSR count). The van der Waals surface area contributed by atoms with Gasteiger partial charge in [-0.3, -0.25) is 4.79 Å². The predicted molar refractivity (Wildman–Crippen MR) is 79.9 cm³/mol. The maximum atomic E-state index is 12.1. The van der Waals surface area contributed by atoms with Crippen LogP contribution >= 0.6 is 11.6 Å². The Labute approximate surface area is 125 Å². The van der Waals surface area contributed by atoms with Crippen molar-refractivity contribution in [2.45, 2.75) is 26.0 Å². The third-order valence-corrected chi connectivity index (χ3v) is 3.87. The van der Waals surface area contributed by atoms with Crippen molar-refractivity contribution in [3.63, 3.8) is 0 Å². The van der Waals surface area contributed by atoms with E-state index >= 15 is 0 Å². The maximum Gasteiger partial charge on any atom is 0.236 e. The van der Waals surface area contributed by atoms with E-state index in [1.165, 1.54) is 0 Å². The van der Waals surface area contributed by atoms with Gasteiger partial charge in [0, 0.05) is 24.2 Å². The van der Waals surface area contributed by atoms with Gasteiger partial charge in [-0.2, -0.15) is 0 Å². The lowest BCUT2D eigenvalue weighted by molar-refractivity contribution is -0.137. The normalized spacial score (nSPS) is 20.8. The summed E-state index contributed by atoms with van der Waals surface area (Å²) in [5, 5.41) is 3.96. The van der Waals surface area contributed by atoms with Crippen LogP contribution in [-0.2, 0) is 9.53 Å². The fourth-order valence-electron chi connectivity index (χ4n) is 2.33. The second-order valence-electron chi connectivity index (χ2n) is 5.15. The number of nitrogens with one attached hydrogen (secondary N) is 1. The van der Waals surface area contributed by atoms with Crippen molar-refractivity contribution in [2.24, 2.45) is 0 Å². The highest BCUT2D eigenvalue weighted by Gasteiger charge is 2.21. The summed E-state index contributed by atoms with van der Waals surface area (Å²) in [5.41, 5.74) is 1.01. The van der Waals surface area contributed by atoms with Crippen LogP contribution in [0.3, 0.4) is 0 Å². The summed E-state index contributed by atoms with van der Waals surface area (Å²) in [6, 6.07) is 7.73. The zero-order chi connectivity index (χ0) is 14.5. The average molecular weight is 297 g/mol. The van der Waals surface area contributed by atoms with Gasteiger partial charge in [0.25, 0.3) is 0 Å². The van der Waals surface area contributed by atoms with E-state index < -0.39 is 0 Å². The van der Waals surface area contributed by atoms with E-state index in [4.69, 9.17) is 16.3 Å². The molecule has 4 nitrogen and oxygen atoms in total. The fraction of sp³-hybridized carbons (Fsp3) is 0.533. The molecule has 1 aliphatic heterocycles. The Morgan fingerprint density at radius 3 is 3.00 bits per heavy atom. The quantitative estimate of drug-likeness (QED) is 0.926. The number of carbonyl (C=O) groups is 1. The molecule has 1 aliphatic rings. The van der Waals surface area contributed by atoms with Gasteiger partial charge in [-0.25, -0.2) is 0 Å². The smallest absolute Gasteiger partial charge is 0.236 e. The molecule has 0 aliphatic carbocycles. The molecule has 1 aromatic carbocycles. The van der Waals surface area contributed by atoms with Gasteiger partial charge in [-0.1, -0.05) is 29.8 Å². The Hall–Kier alpha value is -1.10. The standard InChI is InChI=1S/C15H21ClN2O2/c1-11-10-18(7-8-20-11)15(19)9-17-12(2)13-5-3-4-6-14(13)16/h3-6,11-12,17H,7-10H2,1-2H3/t11-,12+/m0/s1. The Morgan fingerprint density at radius 1 is 1.55 bits per heavy atom. The molecular formula is C15H21ClN2O2. The summed E-state index contributed by atoms with van der Waals surface area (Å²) in [5.74, 6) is 0.110. The Balaban J connectivity index is 1.85. The number of amides is 1. The van der Waals surface area contributed by atoms with Gasteiger partial charge in [-0.05, 0) is 25.5 Å². The number of hydrogen-bond acceptors (Lipinski definition) is 3. The summed E-state index contributed by atoms with van der Waals surface area (Å²) in [6.45, 7) is 6.27. The van der Waals surface area contributed by atoms with Crippen molar-refractivity contribution in [3.05, 3.63) is 34.9 Å². The molecule has 1 heterocycles. The highest BCUT2D eigenvalue weighted by molar-refractivity contribution is 6.31. The lowest BCUT2D eigenvalue weighted by Gasteiger charge is -2.31. The Kier molecular flexibility index (Phi) is 5.40. The number of morpholine rings is 1. The highest BCUT2D eigenvalue weighted by Crippen LogP contribution is 2.21. The number of hydrogen-bond donors (Lipinski definition) is 1. The number of halogens is 1. The van der Waals surface area contributed by atoms with E-state index in [-0.39, 0.29) is 18.1 Å². The van der Waals surface area contributed by atoms with Crippen LogP contribution in [0.2, 0.25) is 5.02 Å². The first-order valence-corrected chi connectivity index (χ1v) is 7.33. The molecule has 0 aromatic heterocycles. The lowest BCUT2D eigenvalue weighted by atomic mass is 10.1. The molecule has 0 radical (unpaired) electrons. The molecule has 1 N–H and O–H groups in total. The van der Waals surface area contributed by atoms with E-state index in [2.05, 4.69) is 5.32 Å². The molecule has 110 valence electrons. The van der Waals surface area contributed by atoms with E-state index in [1.807, 2.05) is 43.0 Å². The third-order valence-electron chi connectivity index (χ3n) is 3.52. The van der Waals surface area contributed by atoms with Crippen LogP contribution in [-0.4, -0.2) is 43.2 Å². The van der Waals surface area contributed by atoms with E-state index in [9.17, 15) is 4.79 Å². The van der Waals surface area contributed by atoms with E-state index in [1.54, 1.807) is 0 Å². The Morgan fingerprint density at radius 2 is 2.30 bits per heavy atom. The number of benzene rings is 1. The molecule has 2 atom stereocenters. The summed E-state index contributed by atoms with van der Waals surface area (Å²) < 4.78 is 5.44. The van der Waals surface area contributed by atoms with Gasteiger partial charge in [0.1, 0.15) is 0 Å². The van der Waals surface area contributed by atoms with Crippen molar-refractivity contribution >= 4 is 17.5 Å². The van der Waals surface area contributed by atoms with Crippen molar-refractivity contribution in [1.29, 1.82) is 0 Å². The summed E-state index contributed by atoms with van der Waals surface area (Å²) in [4.78, 5) is 14.0. The molecule has 1 aromatic rings. The highest BCUT2D eigenvalue weighted by atomic mass is 35.5. The molecule has 1 fully saturated rings. The van der Waals surface area contributed by atoms with Crippen molar-refractivity contribution < 1.29 is 9.53 Å². The molecule has 1 saturated heterocycles. The van der Waals surface area contributed by atoms with Crippen LogP contribution in [0.4, 0.5) is 0 Å². The minimum absolute atomic E-state index is 0.0473. The van der Waals surface area contributed by atoms with Crippen LogP contribution in [0.15, 0.2) is 24.3 Å². The first-order chi connectivity index (χ1) is 9.58. The minimum Gasteiger partial charge on any atom is -0.375 e. The number of nitrogens with zero attached hydrogens (tertiary/aromatic N) is 1. The van der Waals surface area contributed by atoms with Crippen LogP contribution in [0.5, 0.6) is 0 Å². The van der Waals surface area contributed by atoms with Crippen molar-refractivity contribution in [1.82, 2.24) is 10.2 Å². The molecule has 20 heavy (non-hydrogen) atoms.